The Morgan fingerprint density at radius 2 is 2.00 bits per heavy atom. The standard InChI is InChI=1S/C7H13NO3/c9-3-6(4-10)8-7(11)5-1-2-5/h5-6,9-10H,1-4H2,(H,8,11). The van der Waals surface area contributed by atoms with Gasteiger partial charge in [0.2, 0.25) is 5.91 Å². The zero-order valence-corrected chi connectivity index (χ0v) is 6.29. The Morgan fingerprint density at radius 3 is 2.36 bits per heavy atom. The molecule has 0 aromatic carbocycles. The molecule has 0 spiro atoms. The smallest absolute Gasteiger partial charge is 0.223 e. The fraction of sp³-hybridized carbons (Fsp3) is 0.857. The molecule has 0 aromatic rings. The number of rotatable bonds is 4. The van der Waals surface area contributed by atoms with Crippen molar-refractivity contribution in [1.29, 1.82) is 0 Å². The molecule has 1 fully saturated rings. The highest BCUT2D eigenvalue weighted by Gasteiger charge is 2.30. The highest BCUT2D eigenvalue weighted by atomic mass is 16.3. The van der Waals surface area contributed by atoms with E-state index in [2.05, 4.69) is 5.32 Å². The summed E-state index contributed by atoms with van der Waals surface area (Å²) in [6.07, 6.45) is 1.88. The molecule has 64 valence electrons. The van der Waals surface area contributed by atoms with Gasteiger partial charge in [0.05, 0.1) is 19.3 Å². The average Bonchev–Trinajstić information content (AvgIpc) is 2.81. The lowest BCUT2D eigenvalue weighted by molar-refractivity contribution is -0.123. The molecular weight excluding hydrogens is 146 g/mol. The van der Waals surface area contributed by atoms with Crippen LogP contribution in [0.5, 0.6) is 0 Å². The lowest BCUT2D eigenvalue weighted by Crippen LogP contribution is -2.40. The minimum Gasteiger partial charge on any atom is -0.394 e. The first-order valence-electron chi connectivity index (χ1n) is 3.80. The van der Waals surface area contributed by atoms with E-state index < -0.39 is 6.04 Å². The molecule has 1 aliphatic carbocycles. The molecular formula is C7H13NO3. The van der Waals surface area contributed by atoms with E-state index in [1.807, 2.05) is 0 Å². The zero-order chi connectivity index (χ0) is 8.27. The minimum atomic E-state index is -0.483. The van der Waals surface area contributed by atoms with Gasteiger partial charge in [-0.3, -0.25) is 4.79 Å². The Balaban J connectivity index is 2.20. The quantitative estimate of drug-likeness (QED) is 0.486. The van der Waals surface area contributed by atoms with Crippen molar-refractivity contribution >= 4 is 5.91 Å². The zero-order valence-electron chi connectivity index (χ0n) is 6.29. The molecule has 0 atom stereocenters. The monoisotopic (exact) mass is 159 g/mol. The molecule has 0 unspecified atom stereocenters. The fourth-order valence-corrected chi connectivity index (χ4v) is 0.814. The van der Waals surface area contributed by atoms with Crippen LogP contribution in [0.1, 0.15) is 12.8 Å². The van der Waals surface area contributed by atoms with E-state index in [1.54, 1.807) is 0 Å². The third-order valence-electron chi connectivity index (χ3n) is 1.74. The Hall–Kier alpha value is -0.610. The van der Waals surface area contributed by atoms with Crippen LogP contribution in [-0.2, 0) is 4.79 Å². The summed E-state index contributed by atoms with van der Waals surface area (Å²) in [5.74, 6) is 0.0914. The van der Waals surface area contributed by atoms with Gasteiger partial charge in [-0.15, -0.1) is 0 Å². The van der Waals surface area contributed by atoms with E-state index in [0.717, 1.165) is 12.8 Å². The Labute approximate surface area is 65.2 Å². The van der Waals surface area contributed by atoms with Crippen LogP contribution in [-0.4, -0.2) is 35.4 Å². The van der Waals surface area contributed by atoms with Crippen LogP contribution in [0.4, 0.5) is 0 Å². The van der Waals surface area contributed by atoms with Gasteiger partial charge in [-0.05, 0) is 12.8 Å². The third kappa shape index (κ3) is 2.48. The summed E-state index contributed by atoms with van der Waals surface area (Å²) in [4.78, 5) is 11.0. The van der Waals surface area contributed by atoms with E-state index in [1.165, 1.54) is 0 Å². The van der Waals surface area contributed by atoms with Gasteiger partial charge in [-0.1, -0.05) is 0 Å². The second-order valence-corrected chi connectivity index (χ2v) is 2.84. The lowest BCUT2D eigenvalue weighted by atomic mass is 10.3. The van der Waals surface area contributed by atoms with Gasteiger partial charge in [0.25, 0.3) is 0 Å². The average molecular weight is 159 g/mol. The Morgan fingerprint density at radius 1 is 1.45 bits per heavy atom. The van der Waals surface area contributed by atoms with Crippen LogP contribution >= 0.6 is 0 Å². The lowest BCUT2D eigenvalue weighted by Gasteiger charge is -2.12. The highest BCUT2D eigenvalue weighted by molar-refractivity contribution is 5.81. The van der Waals surface area contributed by atoms with E-state index in [4.69, 9.17) is 10.2 Å². The van der Waals surface area contributed by atoms with Crippen molar-refractivity contribution < 1.29 is 15.0 Å². The molecule has 1 rings (SSSR count). The van der Waals surface area contributed by atoms with Gasteiger partial charge < -0.3 is 15.5 Å². The molecule has 4 heteroatoms. The van der Waals surface area contributed by atoms with Gasteiger partial charge in [0.15, 0.2) is 0 Å². The minimum absolute atomic E-state index is 0.0434. The predicted octanol–water partition coefficient (Wildman–Crippen LogP) is -1.13. The maximum Gasteiger partial charge on any atom is 0.223 e. The number of nitrogens with one attached hydrogen (secondary N) is 1. The van der Waals surface area contributed by atoms with Crippen molar-refractivity contribution in [3.63, 3.8) is 0 Å². The molecule has 0 bridgehead atoms. The van der Waals surface area contributed by atoms with E-state index in [0.29, 0.717) is 0 Å². The van der Waals surface area contributed by atoms with E-state index >= 15 is 0 Å². The predicted molar refractivity (Wildman–Crippen MR) is 38.8 cm³/mol. The summed E-state index contributed by atoms with van der Waals surface area (Å²) >= 11 is 0. The Bertz CT molecular complexity index is 141. The third-order valence-corrected chi connectivity index (χ3v) is 1.74. The number of hydrogen-bond donors (Lipinski definition) is 3. The van der Waals surface area contributed by atoms with Crippen LogP contribution in [0.2, 0.25) is 0 Å². The van der Waals surface area contributed by atoms with Crippen LogP contribution in [0.15, 0.2) is 0 Å². The van der Waals surface area contributed by atoms with Crippen molar-refractivity contribution in [2.24, 2.45) is 5.92 Å². The molecule has 1 saturated carbocycles. The topological polar surface area (TPSA) is 69.6 Å². The number of hydrogen-bond acceptors (Lipinski definition) is 3. The second kappa shape index (κ2) is 3.69. The van der Waals surface area contributed by atoms with Crippen molar-refractivity contribution in [2.75, 3.05) is 13.2 Å². The van der Waals surface area contributed by atoms with Gasteiger partial charge in [0, 0.05) is 5.92 Å². The van der Waals surface area contributed by atoms with Crippen molar-refractivity contribution in [3.05, 3.63) is 0 Å². The fourth-order valence-electron chi connectivity index (χ4n) is 0.814. The van der Waals surface area contributed by atoms with Crippen molar-refractivity contribution in [3.8, 4) is 0 Å². The van der Waals surface area contributed by atoms with Gasteiger partial charge >= 0.3 is 0 Å². The van der Waals surface area contributed by atoms with Gasteiger partial charge in [-0.2, -0.15) is 0 Å². The summed E-state index contributed by atoms with van der Waals surface area (Å²) in [6, 6.07) is -0.483. The molecule has 0 aliphatic heterocycles. The van der Waals surface area contributed by atoms with E-state index in [-0.39, 0.29) is 25.0 Å². The first kappa shape index (κ1) is 8.49. The SMILES string of the molecule is O=C(NC(CO)CO)C1CC1. The summed E-state index contributed by atoms with van der Waals surface area (Å²) in [7, 11) is 0. The number of carbonyl (C=O) groups excluding carboxylic acids is 1. The van der Waals surface area contributed by atoms with Crippen LogP contribution in [0, 0.1) is 5.92 Å². The second-order valence-electron chi connectivity index (χ2n) is 2.84. The molecule has 11 heavy (non-hydrogen) atoms. The number of aliphatic hydroxyl groups is 2. The maximum atomic E-state index is 11.0. The summed E-state index contributed by atoms with van der Waals surface area (Å²) in [5.41, 5.74) is 0. The van der Waals surface area contributed by atoms with Crippen LogP contribution in [0.25, 0.3) is 0 Å². The largest absolute Gasteiger partial charge is 0.394 e. The van der Waals surface area contributed by atoms with Crippen LogP contribution in [0.3, 0.4) is 0 Å². The molecule has 3 N–H and O–H groups in total. The Kier molecular flexibility index (Phi) is 2.84. The van der Waals surface area contributed by atoms with Crippen LogP contribution < -0.4 is 5.32 Å². The van der Waals surface area contributed by atoms with Gasteiger partial charge in [0.1, 0.15) is 0 Å². The molecule has 1 aliphatic rings. The molecule has 1 amide bonds. The molecule has 4 nitrogen and oxygen atoms in total. The summed E-state index contributed by atoms with van der Waals surface area (Å²) in [5, 5.41) is 19.7. The van der Waals surface area contributed by atoms with Crippen molar-refractivity contribution in [2.45, 2.75) is 18.9 Å². The molecule has 0 heterocycles. The number of carbonyl (C=O) groups is 1. The number of aliphatic hydroxyl groups excluding tert-OH is 2. The molecule has 0 aromatic heterocycles. The van der Waals surface area contributed by atoms with Crippen molar-refractivity contribution in [1.82, 2.24) is 5.32 Å². The molecule has 0 radical (unpaired) electrons. The first-order chi connectivity index (χ1) is 5.27. The first-order valence-corrected chi connectivity index (χ1v) is 3.80. The van der Waals surface area contributed by atoms with E-state index in [9.17, 15) is 4.79 Å². The summed E-state index contributed by atoms with van der Waals surface area (Å²) < 4.78 is 0. The molecule has 0 saturated heterocycles. The highest BCUT2D eigenvalue weighted by Crippen LogP contribution is 2.28. The number of amides is 1. The normalized spacial score (nSPS) is 17.0. The maximum absolute atomic E-state index is 11.0. The summed E-state index contributed by atoms with van der Waals surface area (Å²) in [6.45, 7) is -0.399. The van der Waals surface area contributed by atoms with Gasteiger partial charge in [-0.25, -0.2) is 0 Å².